The molecule has 11 nitrogen and oxygen atoms in total. The van der Waals surface area contributed by atoms with Crippen molar-refractivity contribution in [2.45, 2.75) is 81.7 Å². The van der Waals surface area contributed by atoms with E-state index in [9.17, 15) is 14.4 Å². The molecule has 0 aromatic heterocycles. The molecule has 2 unspecified atom stereocenters. The maximum absolute atomic E-state index is 14.2. The van der Waals surface area contributed by atoms with Crippen LogP contribution in [0.2, 0.25) is 5.02 Å². The van der Waals surface area contributed by atoms with Crippen LogP contribution in [0.5, 0.6) is 0 Å². The number of hydrogen-bond donors (Lipinski definition) is 3. The fourth-order valence-corrected chi connectivity index (χ4v) is 8.94. The van der Waals surface area contributed by atoms with E-state index in [4.69, 9.17) is 23.8 Å². The highest BCUT2D eigenvalue weighted by atomic mass is 35.5. The number of nitrogen functional groups attached to an aromatic ring is 1. The number of halogens is 1. The summed E-state index contributed by atoms with van der Waals surface area (Å²) in [5.74, 6) is 2.48. The number of terminal acetylenes is 1. The summed E-state index contributed by atoms with van der Waals surface area (Å²) < 4.78 is 0. The van der Waals surface area contributed by atoms with E-state index in [1.807, 2.05) is 34.1 Å². The average Bonchev–Trinajstić information content (AvgIpc) is 3.30. The van der Waals surface area contributed by atoms with Crippen molar-refractivity contribution in [3.8, 4) is 12.3 Å². The number of carbonyl (C=O) groups excluding carboxylic acids is 3. The number of carbonyl (C=O) groups is 3. The van der Waals surface area contributed by atoms with E-state index in [1.165, 1.54) is 25.7 Å². The zero-order chi connectivity index (χ0) is 34.2. The number of amides is 5. The first-order chi connectivity index (χ1) is 23.7. The molecule has 49 heavy (non-hydrogen) atoms. The SMILES string of the molecule is C#Cc1cc(C[C@@H](NC(=O)N2CCC(N3Cc4ccccc4NC3=O)CC2)C(=O)N2CCN(C3CC4CCC(C3)N4C)CC2)cc(Cl)c1N. The first-order valence-electron chi connectivity index (χ1n) is 17.7. The molecule has 2 bridgehead atoms. The molecule has 7 rings (SSSR count). The molecule has 2 aromatic carbocycles. The Morgan fingerprint density at radius 1 is 0.980 bits per heavy atom. The molecule has 0 radical (unpaired) electrons. The number of likely N-dealkylation sites (tertiary alicyclic amines) is 1. The number of hydrogen-bond acceptors (Lipinski definition) is 6. The Hall–Kier alpha value is -3.98. The van der Waals surface area contributed by atoms with Gasteiger partial charge in [0.1, 0.15) is 6.04 Å². The molecule has 12 heteroatoms. The van der Waals surface area contributed by atoms with Crippen molar-refractivity contribution >= 4 is 40.9 Å². The maximum atomic E-state index is 14.2. The Morgan fingerprint density at radius 2 is 1.67 bits per heavy atom. The van der Waals surface area contributed by atoms with E-state index in [0.717, 1.165) is 29.9 Å². The number of piperazine rings is 1. The number of urea groups is 2. The molecule has 5 aliphatic rings. The molecule has 5 heterocycles. The third-order valence-electron chi connectivity index (χ3n) is 11.6. The summed E-state index contributed by atoms with van der Waals surface area (Å²) >= 11 is 6.42. The lowest BCUT2D eigenvalue weighted by atomic mass is 9.95. The van der Waals surface area contributed by atoms with Crippen molar-refractivity contribution in [3.63, 3.8) is 0 Å². The minimum atomic E-state index is -0.800. The van der Waals surface area contributed by atoms with Crippen LogP contribution in [0.3, 0.4) is 0 Å². The van der Waals surface area contributed by atoms with Crippen LogP contribution >= 0.6 is 11.6 Å². The number of nitrogens with one attached hydrogen (secondary N) is 2. The van der Waals surface area contributed by atoms with Crippen LogP contribution in [0.15, 0.2) is 36.4 Å². The van der Waals surface area contributed by atoms with Gasteiger partial charge in [-0.25, -0.2) is 9.59 Å². The van der Waals surface area contributed by atoms with Crippen LogP contribution in [0.25, 0.3) is 0 Å². The minimum absolute atomic E-state index is 0.0185. The number of fused-ring (bicyclic) bond motifs is 3. The van der Waals surface area contributed by atoms with Gasteiger partial charge in [-0.15, -0.1) is 6.42 Å². The van der Waals surface area contributed by atoms with Crippen LogP contribution in [0.4, 0.5) is 21.0 Å². The zero-order valence-electron chi connectivity index (χ0n) is 28.2. The minimum Gasteiger partial charge on any atom is -0.397 e. The summed E-state index contributed by atoms with van der Waals surface area (Å²) in [6, 6.07) is 12.1. The molecule has 3 atom stereocenters. The third-order valence-corrected chi connectivity index (χ3v) is 12.0. The largest absolute Gasteiger partial charge is 0.397 e. The van der Waals surface area contributed by atoms with Gasteiger partial charge < -0.3 is 36.0 Å². The summed E-state index contributed by atoms with van der Waals surface area (Å²) in [6.07, 6.45) is 12.2. The van der Waals surface area contributed by atoms with Gasteiger partial charge in [-0.3, -0.25) is 9.69 Å². The topological polar surface area (TPSA) is 117 Å². The molecule has 0 aliphatic carbocycles. The Kier molecular flexibility index (Phi) is 9.64. The molecule has 0 saturated carbocycles. The second kappa shape index (κ2) is 14.1. The number of para-hydroxylation sites is 1. The van der Waals surface area contributed by atoms with E-state index in [2.05, 4.69) is 33.4 Å². The number of nitrogens with two attached hydrogens (primary N) is 1. The summed E-state index contributed by atoms with van der Waals surface area (Å²) in [7, 11) is 2.26. The second-order valence-corrected chi connectivity index (χ2v) is 14.8. The number of nitrogens with zero attached hydrogens (tertiary/aromatic N) is 5. The lowest BCUT2D eigenvalue weighted by Gasteiger charge is -2.45. The zero-order valence-corrected chi connectivity index (χ0v) is 29.0. The van der Waals surface area contributed by atoms with Gasteiger partial charge in [0.25, 0.3) is 0 Å². The third kappa shape index (κ3) is 6.91. The van der Waals surface area contributed by atoms with Crippen molar-refractivity contribution in [2.24, 2.45) is 0 Å². The smallest absolute Gasteiger partial charge is 0.322 e. The van der Waals surface area contributed by atoms with Crippen molar-refractivity contribution in [3.05, 3.63) is 58.1 Å². The number of anilines is 2. The lowest BCUT2D eigenvalue weighted by molar-refractivity contribution is -0.135. The van der Waals surface area contributed by atoms with Gasteiger partial charge in [-0.05, 0) is 74.9 Å². The fraction of sp³-hybridized carbons (Fsp3) is 0.541. The fourth-order valence-electron chi connectivity index (χ4n) is 8.69. The lowest BCUT2D eigenvalue weighted by Crippen LogP contribution is -2.60. The Bertz CT molecular complexity index is 1620. The Labute approximate surface area is 294 Å². The summed E-state index contributed by atoms with van der Waals surface area (Å²) in [5.41, 5.74) is 9.55. The van der Waals surface area contributed by atoms with Crippen molar-refractivity contribution < 1.29 is 14.4 Å². The molecule has 2 aromatic rings. The second-order valence-electron chi connectivity index (χ2n) is 14.4. The highest BCUT2D eigenvalue weighted by molar-refractivity contribution is 6.33. The van der Waals surface area contributed by atoms with Crippen molar-refractivity contribution in [1.82, 2.24) is 29.8 Å². The van der Waals surface area contributed by atoms with Crippen LogP contribution in [0, 0.1) is 12.3 Å². The van der Waals surface area contributed by atoms with Gasteiger partial charge in [0, 0.05) is 87.7 Å². The summed E-state index contributed by atoms with van der Waals surface area (Å²) in [4.78, 5) is 51.5. The Balaban J connectivity index is 1.000. The predicted octanol–water partition coefficient (Wildman–Crippen LogP) is 3.81. The van der Waals surface area contributed by atoms with Gasteiger partial charge in [0.2, 0.25) is 5.91 Å². The van der Waals surface area contributed by atoms with Crippen LogP contribution in [0.1, 0.15) is 55.2 Å². The van der Waals surface area contributed by atoms with E-state index >= 15 is 0 Å². The highest BCUT2D eigenvalue weighted by Crippen LogP contribution is 2.36. The molecule has 4 saturated heterocycles. The van der Waals surface area contributed by atoms with Crippen LogP contribution < -0.4 is 16.4 Å². The van der Waals surface area contributed by atoms with Crippen molar-refractivity contribution in [2.75, 3.05) is 57.4 Å². The normalized spacial score (nSPS) is 25.4. The molecule has 5 aliphatic heterocycles. The van der Waals surface area contributed by atoms with Gasteiger partial charge in [-0.1, -0.05) is 35.7 Å². The van der Waals surface area contributed by atoms with Gasteiger partial charge >= 0.3 is 12.1 Å². The molecule has 5 amide bonds. The van der Waals surface area contributed by atoms with Crippen LogP contribution in [-0.2, 0) is 17.8 Å². The van der Waals surface area contributed by atoms with E-state index in [0.29, 0.717) is 80.0 Å². The van der Waals surface area contributed by atoms with Gasteiger partial charge in [-0.2, -0.15) is 0 Å². The van der Waals surface area contributed by atoms with Gasteiger partial charge in [0.05, 0.1) is 10.7 Å². The molecular formula is C37H47ClN8O3. The quantitative estimate of drug-likeness (QED) is 0.315. The number of piperidine rings is 2. The highest BCUT2D eigenvalue weighted by Gasteiger charge is 2.42. The molecule has 260 valence electrons. The number of rotatable bonds is 6. The Morgan fingerprint density at radius 3 is 2.37 bits per heavy atom. The van der Waals surface area contributed by atoms with E-state index in [1.54, 1.807) is 17.0 Å². The monoisotopic (exact) mass is 686 g/mol. The summed E-state index contributed by atoms with van der Waals surface area (Å²) in [5, 5.41) is 6.40. The standard InChI is InChI=1S/C37H47ClN8O3/c1-3-25-18-24(19-31(38)34(25)39)20-33(35(47)44-16-14-43(15-17-44)30-21-28-8-9-29(22-30)42(28)2)41-36(48)45-12-10-27(11-13-45)46-23-26-6-4-5-7-32(26)40-37(46)49/h1,4-7,18-19,27-30,33H,8-17,20-23,39H2,2H3,(H,40,49)(H,41,48)/t28?,29?,30?,33-/m1/s1. The molecular weight excluding hydrogens is 640 g/mol. The number of benzene rings is 2. The van der Waals surface area contributed by atoms with E-state index < -0.39 is 6.04 Å². The van der Waals surface area contributed by atoms with Gasteiger partial charge in [0.15, 0.2) is 0 Å². The maximum Gasteiger partial charge on any atom is 0.322 e. The van der Waals surface area contributed by atoms with E-state index in [-0.39, 0.29) is 30.4 Å². The van der Waals surface area contributed by atoms with Crippen molar-refractivity contribution in [1.29, 1.82) is 0 Å². The average molecular weight is 687 g/mol. The summed E-state index contributed by atoms with van der Waals surface area (Å²) in [6.45, 7) is 4.42. The molecule has 4 fully saturated rings. The molecule has 0 spiro atoms. The first-order valence-corrected chi connectivity index (χ1v) is 18.1. The predicted molar refractivity (Wildman–Crippen MR) is 191 cm³/mol. The first kappa shape index (κ1) is 33.5. The molecule has 4 N–H and O–H groups in total. The van der Waals surface area contributed by atoms with Crippen LogP contribution in [-0.4, -0.2) is 119 Å².